The smallest absolute Gasteiger partial charge is 0.198 e. The maximum atomic E-state index is 2.39. The van der Waals surface area contributed by atoms with Gasteiger partial charge < -0.3 is 0 Å². The number of aromatic nitrogens is 1. The van der Waals surface area contributed by atoms with E-state index in [2.05, 4.69) is 113 Å². The van der Waals surface area contributed by atoms with Crippen molar-refractivity contribution in [1.29, 1.82) is 0 Å². The van der Waals surface area contributed by atoms with Crippen LogP contribution in [-0.2, 0) is 7.05 Å². The second-order valence-electron chi connectivity index (χ2n) is 8.47. The fourth-order valence-electron chi connectivity index (χ4n) is 4.25. The zero-order valence-corrected chi connectivity index (χ0v) is 18.4. The van der Waals surface area contributed by atoms with Gasteiger partial charge in [-0.1, -0.05) is 68.4 Å². The molecule has 0 amide bonds. The number of fused-ring (bicyclic) bond motifs is 1. The summed E-state index contributed by atoms with van der Waals surface area (Å²) in [6.45, 7) is 11.2. The fraction of sp³-hybridized carbons (Fsp3) is 0.250. The van der Waals surface area contributed by atoms with Crippen molar-refractivity contribution in [3.63, 3.8) is 0 Å². The van der Waals surface area contributed by atoms with Crippen molar-refractivity contribution in [2.24, 2.45) is 7.05 Å². The molecule has 3 aromatic carbocycles. The first kappa shape index (κ1) is 19.4. The third-order valence-electron chi connectivity index (χ3n) is 6.35. The zero-order valence-electron chi connectivity index (χ0n) is 18.4. The maximum Gasteiger partial charge on any atom is 0.220 e. The average molecular weight is 381 g/mol. The van der Waals surface area contributed by atoms with Gasteiger partial charge in [-0.2, -0.15) is 4.57 Å². The SMILES string of the molecule is Cc1ccc(-c2ccccc2)cc1-c1c2ccc(C(C)C)cc2c(C)c(C)[n+]1C. The molecule has 0 radical (unpaired) electrons. The molecule has 0 bridgehead atoms. The van der Waals surface area contributed by atoms with Crippen molar-refractivity contribution in [2.45, 2.75) is 40.5 Å². The molecule has 4 rings (SSSR count). The Kier molecular flexibility index (Phi) is 5.00. The summed E-state index contributed by atoms with van der Waals surface area (Å²) < 4.78 is 2.36. The molecule has 0 unspecified atom stereocenters. The van der Waals surface area contributed by atoms with E-state index < -0.39 is 0 Å². The molecule has 0 aliphatic rings. The highest BCUT2D eigenvalue weighted by molar-refractivity contribution is 5.97. The Labute approximate surface area is 174 Å². The van der Waals surface area contributed by atoms with Crippen molar-refractivity contribution in [1.82, 2.24) is 0 Å². The molecule has 146 valence electrons. The minimum absolute atomic E-state index is 0.527. The number of pyridine rings is 1. The van der Waals surface area contributed by atoms with E-state index in [9.17, 15) is 0 Å². The highest BCUT2D eigenvalue weighted by Gasteiger charge is 2.23. The quantitative estimate of drug-likeness (QED) is 0.335. The molecule has 1 aromatic heterocycles. The van der Waals surface area contributed by atoms with Crippen LogP contribution in [0.4, 0.5) is 0 Å². The fourth-order valence-corrected chi connectivity index (χ4v) is 4.25. The lowest BCUT2D eigenvalue weighted by molar-refractivity contribution is -0.665. The Bertz CT molecular complexity index is 1200. The van der Waals surface area contributed by atoms with Crippen LogP contribution in [0.2, 0.25) is 0 Å². The molecular weight excluding hydrogens is 350 g/mol. The van der Waals surface area contributed by atoms with Crippen molar-refractivity contribution in [2.75, 3.05) is 0 Å². The number of benzene rings is 3. The lowest BCUT2D eigenvalue weighted by atomic mass is 9.91. The average Bonchev–Trinajstić information content (AvgIpc) is 2.74. The first-order chi connectivity index (χ1) is 13.9. The van der Waals surface area contributed by atoms with E-state index in [4.69, 9.17) is 0 Å². The predicted octanol–water partition coefficient (Wildman–Crippen LogP) is 7.05. The Morgan fingerprint density at radius 2 is 1.45 bits per heavy atom. The van der Waals surface area contributed by atoms with Gasteiger partial charge in [0.2, 0.25) is 5.69 Å². The summed E-state index contributed by atoms with van der Waals surface area (Å²) in [5.41, 5.74) is 10.5. The standard InChI is InChI=1S/C28H30N/c1-18(2)23-14-15-25-27(16-23)20(4)21(5)29(6)28(25)26-17-24(13-12-19(26)3)22-10-8-7-9-11-22/h7-18H,1-6H3/q+1. The van der Waals surface area contributed by atoms with E-state index in [0.29, 0.717) is 5.92 Å². The van der Waals surface area contributed by atoms with E-state index in [1.54, 1.807) is 0 Å². The molecule has 4 aromatic rings. The van der Waals surface area contributed by atoms with Crippen molar-refractivity contribution in [3.05, 3.63) is 89.1 Å². The summed E-state index contributed by atoms with van der Waals surface area (Å²) in [6.07, 6.45) is 0. The van der Waals surface area contributed by atoms with Crippen molar-refractivity contribution in [3.8, 4) is 22.4 Å². The van der Waals surface area contributed by atoms with Gasteiger partial charge in [0.15, 0.2) is 5.69 Å². The van der Waals surface area contributed by atoms with Gasteiger partial charge in [-0.15, -0.1) is 0 Å². The second-order valence-corrected chi connectivity index (χ2v) is 8.47. The molecule has 0 aliphatic heterocycles. The molecule has 1 heteroatoms. The summed E-state index contributed by atoms with van der Waals surface area (Å²) in [4.78, 5) is 0. The lowest BCUT2D eigenvalue weighted by Crippen LogP contribution is -2.36. The first-order valence-corrected chi connectivity index (χ1v) is 10.5. The third-order valence-corrected chi connectivity index (χ3v) is 6.35. The van der Waals surface area contributed by atoms with E-state index in [-0.39, 0.29) is 0 Å². The normalized spacial score (nSPS) is 11.4. The largest absolute Gasteiger partial charge is 0.220 e. The maximum absolute atomic E-state index is 2.39. The van der Waals surface area contributed by atoms with Crippen LogP contribution >= 0.6 is 0 Å². The van der Waals surface area contributed by atoms with Gasteiger partial charge in [-0.3, -0.25) is 0 Å². The Morgan fingerprint density at radius 1 is 0.724 bits per heavy atom. The predicted molar refractivity (Wildman–Crippen MR) is 124 cm³/mol. The van der Waals surface area contributed by atoms with Crippen LogP contribution in [0.15, 0.2) is 66.7 Å². The monoisotopic (exact) mass is 380 g/mol. The number of hydrogen-bond acceptors (Lipinski definition) is 0. The van der Waals surface area contributed by atoms with E-state index in [0.717, 1.165) is 0 Å². The van der Waals surface area contributed by atoms with E-state index in [1.807, 2.05) is 0 Å². The lowest BCUT2D eigenvalue weighted by Gasteiger charge is -2.15. The molecule has 29 heavy (non-hydrogen) atoms. The minimum atomic E-state index is 0.527. The summed E-state index contributed by atoms with van der Waals surface area (Å²) in [7, 11) is 2.20. The van der Waals surface area contributed by atoms with Gasteiger partial charge in [0.1, 0.15) is 7.05 Å². The number of nitrogens with zero attached hydrogens (tertiary/aromatic N) is 1. The molecule has 0 spiro atoms. The molecule has 0 saturated heterocycles. The van der Waals surface area contributed by atoms with Crippen LogP contribution in [0.1, 0.15) is 42.1 Å². The molecule has 0 aliphatic carbocycles. The van der Waals surface area contributed by atoms with Crippen LogP contribution in [-0.4, -0.2) is 0 Å². The number of hydrogen-bond donors (Lipinski definition) is 0. The summed E-state index contributed by atoms with van der Waals surface area (Å²) in [5.74, 6) is 0.527. The molecule has 0 fully saturated rings. The van der Waals surface area contributed by atoms with Crippen LogP contribution in [0.3, 0.4) is 0 Å². The number of rotatable bonds is 3. The van der Waals surface area contributed by atoms with Gasteiger partial charge in [0, 0.05) is 12.5 Å². The minimum Gasteiger partial charge on any atom is -0.198 e. The molecular formula is C28H30N+. The van der Waals surface area contributed by atoms with Crippen molar-refractivity contribution >= 4 is 10.8 Å². The number of aryl methyl sites for hydroxylation is 2. The molecule has 1 nitrogen and oxygen atoms in total. The van der Waals surface area contributed by atoms with E-state index in [1.165, 1.54) is 55.5 Å². The molecule has 0 saturated carbocycles. The zero-order chi connectivity index (χ0) is 20.7. The van der Waals surface area contributed by atoms with Crippen LogP contribution < -0.4 is 4.57 Å². The van der Waals surface area contributed by atoms with Crippen molar-refractivity contribution < 1.29 is 4.57 Å². The highest BCUT2D eigenvalue weighted by atomic mass is 14.9. The Morgan fingerprint density at radius 3 is 2.14 bits per heavy atom. The first-order valence-electron chi connectivity index (χ1n) is 10.5. The summed E-state index contributed by atoms with van der Waals surface area (Å²) >= 11 is 0. The van der Waals surface area contributed by atoms with Gasteiger partial charge in [0.25, 0.3) is 0 Å². The van der Waals surface area contributed by atoms with Gasteiger partial charge in [0.05, 0.1) is 10.9 Å². The Balaban J connectivity index is 2.04. The summed E-state index contributed by atoms with van der Waals surface area (Å²) in [6, 6.07) is 24.5. The molecule has 0 atom stereocenters. The van der Waals surface area contributed by atoms with Gasteiger partial charge in [-0.05, 0) is 59.5 Å². The van der Waals surface area contributed by atoms with Crippen LogP contribution in [0.25, 0.3) is 33.2 Å². The molecule has 0 N–H and O–H groups in total. The van der Waals surface area contributed by atoms with Crippen LogP contribution in [0, 0.1) is 20.8 Å². The van der Waals surface area contributed by atoms with Crippen LogP contribution in [0.5, 0.6) is 0 Å². The van der Waals surface area contributed by atoms with Gasteiger partial charge in [-0.25, -0.2) is 0 Å². The third kappa shape index (κ3) is 3.35. The highest BCUT2D eigenvalue weighted by Crippen LogP contribution is 2.34. The Hall–Kier alpha value is -2.93. The summed E-state index contributed by atoms with van der Waals surface area (Å²) in [5, 5.41) is 2.69. The topological polar surface area (TPSA) is 3.88 Å². The van der Waals surface area contributed by atoms with E-state index >= 15 is 0 Å². The molecule has 1 heterocycles. The second kappa shape index (κ2) is 7.48. The van der Waals surface area contributed by atoms with Gasteiger partial charge >= 0.3 is 0 Å².